The molecule has 17 heavy (non-hydrogen) atoms. The van der Waals surface area contributed by atoms with E-state index in [0.29, 0.717) is 12.1 Å². The fraction of sp³-hybridized carbons (Fsp3) is 0.0714. The SMILES string of the molecule is O/N=C(/Cc1ccccc1)c1ccc(F)cc1. The van der Waals surface area contributed by atoms with Crippen molar-refractivity contribution >= 4 is 5.71 Å². The Labute approximate surface area is 99.0 Å². The Bertz CT molecular complexity index is 506. The van der Waals surface area contributed by atoms with Gasteiger partial charge in [-0.15, -0.1) is 0 Å². The van der Waals surface area contributed by atoms with Crippen molar-refractivity contribution in [2.45, 2.75) is 6.42 Å². The number of benzene rings is 2. The van der Waals surface area contributed by atoms with Crippen LogP contribution in [0, 0.1) is 5.82 Å². The molecule has 0 aliphatic heterocycles. The molecule has 0 unspecified atom stereocenters. The first-order valence-corrected chi connectivity index (χ1v) is 5.30. The number of hydrogen-bond acceptors (Lipinski definition) is 2. The third-order valence-corrected chi connectivity index (χ3v) is 2.51. The molecular weight excluding hydrogens is 217 g/mol. The lowest BCUT2D eigenvalue weighted by molar-refractivity contribution is 0.318. The van der Waals surface area contributed by atoms with Gasteiger partial charge in [0.1, 0.15) is 5.82 Å². The lowest BCUT2D eigenvalue weighted by atomic mass is 10.0. The first-order chi connectivity index (χ1) is 8.29. The van der Waals surface area contributed by atoms with E-state index < -0.39 is 0 Å². The largest absolute Gasteiger partial charge is 0.411 e. The van der Waals surface area contributed by atoms with Crippen molar-refractivity contribution in [3.63, 3.8) is 0 Å². The van der Waals surface area contributed by atoms with Gasteiger partial charge in [-0.25, -0.2) is 4.39 Å². The zero-order valence-electron chi connectivity index (χ0n) is 9.18. The van der Waals surface area contributed by atoms with Crippen LogP contribution in [0.4, 0.5) is 4.39 Å². The molecule has 0 saturated carbocycles. The molecule has 1 N–H and O–H groups in total. The standard InChI is InChI=1S/C14H12FNO/c15-13-8-6-12(7-9-13)14(16-17)10-11-4-2-1-3-5-11/h1-9,17H,10H2/b16-14-. The van der Waals surface area contributed by atoms with Crippen molar-refractivity contribution in [3.05, 3.63) is 71.5 Å². The van der Waals surface area contributed by atoms with Gasteiger partial charge in [-0.2, -0.15) is 0 Å². The predicted octanol–water partition coefficient (Wildman–Crippen LogP) is 3.25. The highest BCUT2D eigenvalue weighted by Gasteiger charge is 2.05. The highest BCUT2D eigenvalue weighted by molar-refractivity contribution is 6.01. The molecule has 2 rings (SSSR count). The Morgan fingerprint density at radius 1 is 1.00 bits per heavy atom. The van der Waals surface area contributed by atoms with Crippen LogP contribution in [0.1, 0.15) is 11.1 Å². The van der Waals surface area contributed by atoms with Gasteiger partial charge >= 0.3 is 0 Å². The molecule has 0 fully saturated rings. The molecule has 0 radical (unpaired) electrons. The van der Waals surface area contributed by atoms with Gasteiger partial charge in [-0.1, -0.05) is 47.6 Å². The van der Waals surface area contributed by atoms with E-state index >= 15 is 0 Å². The summed E-state index contributed by atoms with van der Waals surface area (Å²) in [5, 5.41) is 12.3. The zero-order chi connectivity index (χ0) is 12.1. The van der Waals surface area contributed by atoms with E-state index in [1.54, 1.807) is 12.1 Å². The van der Waals surface area contributed by atoms with Crippen molar-refractivity contribution in [2.24, 2.45) is 5.16 Å². The minimum atomic E-state index is -0.300. The Balaban J connectivity index is 2.21. The Kier molecular flexibility index (Phi) is 3.50. The van der Waals surface area contributed by atoms with Crippen molar-refractivity contribution in [2.75, 3.05) is 0 Å². The van der Waals surface area contributed by atoms with Gasteiger partial charge in [0.15, 0.2) is 0 Å². The second-order valence-corrected chi connectivity index (χ2v) is 3.72. The topological polar surface area (TPSA) is 32.6 Å². The van der Waals surface area contributed by atoms with Crippen LogP contribution in [-0.2, 0) is 6.42 Å². The lowest BCUT2D eigenvalue weighted by Crippen LogP contribution is -2.05. The lowest BCUT2D eigenvalue weighted by Gasteiger charge is -2.04. The Morgan fingerprint density at radius 2 is 1.65 bits per heavy atom. The molecule has 2 nitrogen and oxygen atoms in total. The van der Waals surface area contributed by atoms with Crippen LogP contribution < -0.4 is 0 Å². The van der Waals surface area contributed by atoms with Crippen LogP contribution in [-0.4, -0.2) is 10.9 Å². The minimum Gasteiger partial charge on any atom is -0.411 e. The van der Waals surface area contributed by atoms with Crippen molar-refractivity contribution < 1.29 is 9.60 Å². The summed E-state index contributed by atoms with van der Waals surface area (Å²) < 4.78 is 12.8. The number of oxime groups is 1. The molecule has 0 aliphatic rings. The molecule has 0 bridgehead atoms. The van der Waals surface area contributed by atoms with Gasteiger partial charge in [0, 0.05) is 6.42 Å². The van der Waals surface area contributed by atoms with Crippen LogP contribution >= 0.6 is 0 Å². The van der Waals surface area contributed by atoms with Crippen LogP contribution in [0.25, 0.3) is 0 Å². The summed E-state index contributed by atoms with van der Waals surface area (Å²) in [6.07, 6.45) is 0.517. The Hall–Kier alpha value is -2.16. The summed E-state index contributed by atoms with van der Waals surface area (Å²) in [5.41, 5.74) is 2.29. The quantitative estimate of drug-likeness (QED) is 0.489. The summed E-state index contributed by atoms with van der Waals surface area (Å²) in [4.78, 5) is 0. The molecule has 2 aromatic rings. The van der Waals surface area contributed by atoms with E-state index in [0.717, 1.165) is 11.1 Å². The molecule has 0 spiro atoms. The first kappa shape index (κ1) is 11.3. The molecule has 86 valence electrons. The van der Waals surface area contributed by atoms with Gasteiger partial charge in [0.2, 0.25) is 0 Å². The maximum absolute atomic E-state index is 12.8. The van der Waals surface area contributed by atoms with Crippen molar-refractivity contribution in [1.82, 2.24) is 0 Å². The smallest absolute Gasteiger partial charge is 0.123 e. The predicted molar refractivity (Wildman–Crippen MR) is 64.9 cm³/mol. The van der Waals surface area contributed by atoms with E-state index in [-0.39, 0.29) is 5.82 Å². The second-order valence-electron chi connectivity index (χ2n) is 3.72. The number of rotatable bonds is 3. The summed E-state index contributed by atoms with van der Waals surface area (Å²) >= 11 is 0. The van der Waals surface area contributed by atoms with Gasteiger partial charge in [-0.05, 0) is 23.3 Å². The minimum absolute atomic E-state index is 0.300. The average Bonchev–Trinajstić information content (AvgIpc) is 2.38. The molecule has 0 atom stereocenters. The van der Waals surface area contributed by atoms with E-state index in [1.807, 2.05) is 30.3 Å². The highest BCUT2D eigenvalue weighted by atomic mass is 19.1. The van der Waals surface area contributed by atoms with Crippen LogP contribution in [0.15, 0.2) is 59.8 Å². The van der Waals surface area contributed by atoms with Gasteiger partial charge in [0.25, 0.3) is 0 Å². The molecule has 3 heteroatoms. The molecule has 2 aromatic carbocycles. The summed E-state index contributed by atoms with van der Waals surface area (Å²) in [5.74, 6) is -0.300. The zero-order valence-corrected chi connectivity index (χ0v) is 9.18. The molecule has 0 aromatic heterocycles. The van der Waals surface area contributed by atoms with E-state index in [2.05, 4.69) is 5.16 Å². The molecule has 0 amide bonds. The summed E-state index contributed by atoms with van der Waals surface area (Å²) in [6, 6.07) is 15.6. The third kappa shape index (κ3) is 2.91. The highest BCUT2D eigenvalue weighted by Crippen LogP contribution is 2.09. The normalized spacial score (nSPS) is 11.5. The van der Waals surface area contributed by atoms with Crippen molar-refractivity contribution in [1.29, 1.82) is 0 Å². The monoisotopic (exact) mass is 229 g/mol. The number of hydrogen-bond donors (Lipinski definition) is 1. The third-order valence-electron chi connectivity index (χ3n) is 2.51. The van der Waals surface area contributed by atoms with Crippen molar-refractivity contribution in [3.8, 4) is 0 Å². The molecule has 0 heterocycles. The summed E-state index contributed by atoms with van der Waals surface area (Å²) in [7, 11) is 0. The number of nitrogens with zero attached hydrogens (tertiary/aromatic N) is 1. The fourth-order valence-corrected chi connectivity index (χ4v) is 1.63. The molecule has 0 aliphatic carbocycles. The van der Waals surface area contributed by atoms with Gasteiger partial charge < -0.3 is 5.21 Å². The van der Waals surface area contributed by atoms with Crippen LogP contribution in [0.5, 0.6) is 0 Å². The van der Waals surface area contributed by atoms with Gasteiger partial charge in [0.05, 0.1) is 5.71 Å². The average molecular weight is 229 g/mol. The second kappa shape index (κ2) is 5.25. The van der Waals surface area contributed by atoms with E-state index in [1.165, 1.54) is 12.1 Å². The Morgan fingerprint density at radius 3 is 2.24 bits per heavy atom. The van der Waals surface area contributed by atoms with Gasteiger partial charge in [-0.3, -0.25) is 0 Å². The molecular formula is C14H12FNO. The van der Waals surface area contributed by atoms with E-state index in [4.69, 9.17) is 5.21 Å². The fourth-order valence-electron chi connectivity index (χ4n) is 1.63. The van der Waals surface area contributed by atoms with Crippen LogP contribution in [0.2, 0.25) is 0 Å². The molecule has 0 saturated heterocycles. The first-order valence-electron chi connectivity index (χ1n) is 5.30. The maximum atomic E-state index is 12.8. The summed E-state index contributed by atoms with van der Waals surface area (Å²) in [6.45, 7) is 0. The maximum Gasteiger partial charge on any atom is 0.123 e. The van der Waals surface area contributed by atoms with Crippen LogP contribution in [0.3, 0.4) is 0 Å². The number of halogens is 1. The van der Waals surface area contributed by atoms with E-state index in [9.17, 15) is 4.39 Å².